The molecule has 31 heavy (non-hydrogen) atoms. The number of carbonyl (C=O) groups is 1. The van der Waals surface area contributed by atoms with Gasteiger partial charge in [0, 0.05) is 25.2 Å². The van der Waals surface area contributed by atoms with Crippen molar-refractivity contribution in [1.82, 2.24) is 10.3 Å². The number of amides is 1. The minimum atomic E-state index is -3.58. The predicted molar refractivity (Wildman–Crippen MR) is 110 cm³/mol. The quantitative estimate of drug-likeness (QED) is 0.376. The monoisotopic (exact) mass is 479 g/mol. The summed E-state index contributed by atoms with van der Waals surface area (Å²) >= 11 is 0.876. The fourth-order valence-electron chi connectivity index (χ4n) is 2.74. The van der Waals surface area contributed by atoms with Crippen molar-refractivity contribution in [3.05, 3.63) is 46.5 Å². The molecule has 1 aromatic carbocycles. The second kappa shape index (κ2) is 10.9. The molecule has 9 nitrogen and oxygen atoms in total. The largest absolute Gasteiger partial charge is 0.390 e. The van der Waals surface area contributed by atoms with E-state index in [1.165, 1.54) is 12.5 Å². The molecular formula is C18H23F2N3O6S2. The fraction of sp³-hybridized carbons (Fsp3) is 0.444. The number of benzene rings is 1. The van der Waals surface area contributed by atoms with Gasteiger partial charge in [-0.15, -0.1) is 11.3 Å². The maximum atomic E-state index is 13.5. The molecule has 3 atom stereocenters. The van der Waals surface area contributed by atoms with E-state index in [0.29, 0.717) is 6.07 Å². The van der Waals surface area contributed by atoms with Gasteiger partial charge in [0.1, 0.15) is 23.4 Å². The van der Waals surface area contributed by atoms with Gasteiger partial charge in [0.05, 0.1) is 18.4 Å². The summed E-state index contributed by atoms with van der Waals surface area (Å²) in [6.45, 7) is 0.139. The topological polar surface area (TPSA) is 138 Å². The first kappa shape index (κ1) is 25.1. The molecular weight excluding hydrogens is 456 g/mol. The highest BCUT2D eigenvalue weighted by Crippen LogP contribution is 2.18. The van der Waals surface area contributed by atoms with Crippen LogP contribution < -0.4 is 10.0 Å². The van der Waals surface area contributed by atoms with Gasteiger partial charge in [-0.25, -0.2) is 22.2 Å². The highest BCUT2D eigenvalue weighted by molar-refractivity contribution is 7.92. The first-order valence-electron chi connectivity index (χ1n) is 9.02. The van der Waals surface area contributed by atoms with Crippen molar-refractivity contribution >= 4 is 32.4 Å². The van der Waals surface area contributed by atoms with Crippen LogP contribution >= 0.6 is 11.3 Å². The summed E-state index contributed by atoms with van der Waals surface area (Å²) in [7, 11) is -2.17. The Morgan fingerprint density at radius 1 is 1.26 bits per heavy atom. The number of methoxy groups -OCH3 is 1. The number of carbonyl (C=O) groups excluding carboxylic acids is 1. The predicted octanol–water partition coefficient (Wildman–Crippen LogP) is 0.892. The number of hydrogen-bond acceptors (Lipinski definition) is 8. The van der Waals surface area contributed by atoms with Crippen LogP contribution in [0.3, 0.4) is 0 Å². The van der Waals surface area contributed by atoms with Gasteiger partial charge in [-0.3, -0.25) is 9.52 Å². The number of aliphatic hydroxyl groups is 2. The van der Waals surface area contributed by atoms with Crippen LogP contribution in [0.4, 0.5) is 13.9 Å². The number of sulfonamides is 1. The van der Waals surface area contributed by atoms with Gasteiger partial charge in [0.15, 0.2) is 5.13 Å². The van der Waals surface area contributed by atoms with E-state index in [-0.39, 0.29) is 35.8 Å². The van der Waals surface area contributed by atoms with Crippen molar-refractivity contribution in [1.29, 1.82) is 0 Å². The second-order valence-corrected chi connectivity index (χ2v) is 9.42. The zero-order valence-electron chi connectivity index (χ0n) is 16.7. The molecule has 0 aliphatic heterocycles. The maximum absolute atomic E-state index is 13.5. The van der Waals surface area contributed by atoms with Gasteiger partial charge < -0.3 is 20.3 Å². The van der Waals surface area contributed by atoms with Crippen LogP contribution in [-0.4, -0.2) is 67.7 Å². The minimum Gasteiger partial charge on any atom is -0.390 e. The number of nitrogens with one attached hydrogen (secondary N) is 2. The van der Waals surface area contributed by atoms with Crippen LogP contribution in [0.5, 0.6) is 0 Å². The lowest BCUT2D eigenvalue weighted by Gasteiger charge is -2.27. The zero-order valence-corrected chi connectivity index (χ0v) is 18.3. The molecule has 2 rings (SSSR count). The van der Waals surface area contributed by atoms with Crippen molar-refractivity contribution < 1.29 is 36.9 Å². The Morgan fingerprint density at radius 2 is 1.90 bits per heavy atom. The van der Waals surface area contributed by atoms with Crippen molar-refractivity contribution in [3.63, 3.8) is 0 Å². The van der Waals surface area contributed by atoms with Crippen LogP contribution in [-0.2, 0) is 21.2 Å². The SMILES string of the molecule is COCCC(O)C(O)C(Cc1cc(F)cc(F)c1)NC(=O)c1csc(NS(C)(=O)=O)n1. The molecule has 0 bridgehead atoms. The lowest BCUT2D eigenvalue weighted by Crippen LogP contribution is -2.50. The summed E-state index contributed by atoms with van der Waals surface area (Å²) in [4.78, 5) is 16.5. The van der Waals surface area contributed by atoms with E-state index < -0.39 is 45.8 Å². The average Bonchev–Trinajstić information content (AvgIpc) is 3.10. The number of aliphatic hydroxyl groups excluding tert-OH is 2. The van der Waals surface area contributed by atoms with Gasteiger partial charge in [0.2, 0.25) is 10.0 Å². The molecule has 0 fully saturated rings. The lowest BCUT2D eigenvalue weighted by atomic mass is 9.96. The van der Waals surface area contributed by atoms with Gasteiger partial charge in [0.25, 0.3) is 5.91 Å². The number of rotatable bonds is 11. The molecule has 1 heterocycles. The Morgan fingerprint density at radius 3 is 2.48 bits per heavy atom. The number of anilines is 1. The van der Waals surface area contributed by atoms with Gasteiger partial charge in [-0.05, 0) is 30.5 Å². The Hall–Kier alpha value is -2.19. The van der Waals surface area contributed by atoms with Gasteiger partial charge >= 0.3 is 0 Å². The van der Waals surface area contributed by atoms with E-state index in [2.05, 4.69) is 15.0 Å². The Bertz CT molecular complexity index is 982. The van der Waals surface area contributed by atoms with E-state index in [1.807, 2.05) is 0 Å². The third kappa shape index (κ3) is 8.10. The molecule has 2 aromatic rings. The molecule has 0 aliphatic rings. The molecule has 0 aliphatic carbocycles. The molecule has 3 unspecified atom stereocenters. The summed E-state index contributed by atoms with van der Waals surface area (Å²) in [6.07, 6.45) is -1.98. The molecule has 0 saturated heterocycles. The van der Waals surface area contributed by atoms with E-state index in [0.717, 1.165) is 29.7 Å². The van der Waals surface area contributed by atoms with Crippen LogP contribution in [0.25, 0.3) is 0 Å². The molecule has 172 valence electrons. The highest BCUT2D eigenvalue weighted by Gasteiger charge is 2.29. The summed E-state index contributed by atoms with van der Waals surface area (Å²) in [5, 5.41) is 24.5. The first-order valence-corrected chi connectivity index (χ1v) is 11.8. The molecule has 0 spiro atoms. The van der Waals surface area contributed by atoms with Crippen molar-refractivity contribution in [2.24, 2.45) is 0 Å². The summed E-state index contributed by atoms with van der Waals surface area (Å²) in [5.74, 6) is -2.42. The number of ether oxygens (including phenoxy) is 1. The standard InChI is InChI=1S/C18H23F2N3O6S2/c1-29-4-3-15(24)16(25)13(7-10-5-11(19)8-12(20)6-10)21-17(26)14-9-30-18(22-14)23-31(2,27)28/h5-6,8-9,13,15-16,24-25H,3-4,7H2,1-2H3,(H,21,26)(H,22,23). The summed E-state index contributed by atoms with van der Waals surface area (Å²) in [5.41, 5.74) is 0.0173. The molecule has 13 heteroatoms. The highest BCUT2D eigenvalue weighted by atomic mass is 32.2. The van der Waals surface area contributed by atoms with Crippen LogP contribution in [0.2, 0.25) is 0 Å². The van der Waals surface area contributed by atoms with Gasteiger partial charge in [-0.1, -0.05) is 0 Å². The molecule has 1 aromatic heterocycles. The van der Waals surface area contributed by atoms with Crippen LogP contribution in [0.1, 0.15) is 22.5 Å². The molecule has 1 amide bonds. The Kier molecular flexibility index (Phi) is 8.82. The molecule has 0 saturated carbocycles. The molecule has 0 radical (unpaired) electrons. The summed E-state index contributed by atoms with van der Waals surface area (Å²) < 4.78 is 56.7. The maximum Gasteiger partial charge on any atom is 0.271 e. The first-order chi connectivity index (χ1) is 14.5. The van der Waals surface area contributed by atoms with E-state index >= 15 is 0 Å². The number of nitrogens with zero attached hydrogens (tertiary/aromatic N) is 1. The van der Waals surface area contributed by atoms with Crippen molar-refractivity contribution in [2.45, 2.75) is 31.1 Å². The average molecular weight is 480 g/mol. The van der Waals surface area contributed by atoms with Crippen LogP contribution in [0.15, 0.2) is 23.6 Å². The summed E-state index contributed by atoms with van der Waals surface area (Å²) in [6, 6.07) is 1.65. The van der Waals surface area contributed by atoms with E-state index in [9.17, 15) is 32.2 Å². The number of aromatic nitrogens is 1. The lowest BCUT2D eigenvalue weighted by molar-refractivity contribution is -0.0177. The third-order valence-electron chi connectivity index (χ3n) is 4.13. The molecule has 4 N–H and O–H groups in total. The zero-order chi connectivity index (χ0) is 23.2. The number of hydrogen-bond donors (Lipinski definition) is 4. The van der Waals surface area contributed by atoms with Crippen molar-refractivity contribution in [2.75, 3.05) is 24.7 Å². The van der Waals surface area contributed by atoms with Crippen molar-refractivity contribution in [3.8, 4) is 0 Å². The normalized spacial score (nSPS) is 14.6. The Labute approximate surface area is 182 Å². The second-order valence-electron chi connectivity index (χ2n) is 6.81. The number of thiazole rings is 1. The number of halogens is 2. The van der Waals surface area contributed by atoms with E-state index in [4.69, 9.17) is 4.74 Å². The minimum absolute atomic E-state index is 0.0305. The van der Waals surface area contributed by atoms with Gasteiger partial charge in [-0.2, -0.15) is 0 Å². The Balaban J connectivity index is 2.21. The van der Waals surface area contributed by atoms with Crippen LogP contribution in [0, 0.1) is 11.6 Å². The fourth-order valence-corrected chi connectivity index (χ4v) is 4.29. The van der Waals surface area contributed by atoms with E-state index in [1.54, 1.807) is 0 Å². The smallest absolute Gasteiger partial charge is 0.271 e. The third-order valence-corrected chi connectivity index (χ3v) is 5.58.